The second-order valence-corrected chi connectivity index (χ2v) is 6.48. The van der Waals surface area contributed by atoms with Crippen molar-refractivity contribution in [2.75, 3.05) is 5.75 Å². The van der Waals surface area contributed by atoms with Crippen LogP contribution in [0.15, 0.2) is 54.7 Å². The van der Waals surface area contributed by atoms with E-state index in [2.05, 4.69) is 37.6 Å². The summed E-state index contributed by atoms with van der Waals surface area (Å²) in [6.45, 7) is 4.53. The van der Waals surface area contributed by atoms with E-state index in [0.29, 0.717) is 6.54 Å². The number of hydrogen-bond donors (Lipinski definition) is 0. The Labute approximate surface area is 145 Å². The molecule has 0 aliphatic rings. The number of hydrogen-bond acceptors (Lipinski definition) is 5. The zero-order valence-electron chi connectivity index (χ0n) is 13.7. The fourth-order valence-electron chi connectivity index (χ4n) is 2.44. The second-order valence-electron chi connectivity index (χ2n) is 5.42. The minimum absolute atomic E-state index is 0.690. The molecule has 124 valence electrons. The Kier molecular flexibility index (Phi) is 5.43. The molecule has 0 amide bonds. The molecule has 0 unspecified atom stereocenters. The molecule has 0 aliphatic carbocycles. The lowest BCUT2D eigenvalue weighted by Crippen LogP contribution is -2.01. The van der Waals surface area contributed by atoms with Gasteiger partial charge in [0.05, 0.1) is 6.20 Å². The lowest BCUT2D eigenvalue weighted by atomic mass is 10.2. The van der Waals surface area contributed by atoms with E-state index in [4.69, 9.17) is 0 Å². The SMILES string of the molecule is C=CCn1c(SCCCc2cnn(C)c2)nnc1-c1ccncc1. The average Bonchev–Trinajstić information content (AvgIpc) is 3.19. The van der Waals surface area contributed by atoms with E-state index in [0.717, 1.165) is 35.1 Å². The van der Waals surface area contributed by atoms with Crippen LogP contribution in [0.3, 0.4) is 0 Å². The summed E-state index contributed by atoms with van der Waals surface area (Å²) in [5.74, 6) is 1.84. The van der Waals surface area contributed by atoms with E-state index in [-0.39, 0.29) is 0 Å². The zero-order valence-corrected chi connectivity index (χ0v) is 14.5. The molecule has 3 aromatic heterocycles. The molecule has 3 aromatic rings. The molecule has 0 fully saturated rings. The fourth-order valence-corrected chi connectivity index (χ4v) is 3.33. The molecule has 3 rings (SSSR count). The first-order chi connectivity index (χ1) is 11.8. The second kappa shape index (κ2) is 7.92. The highest BCUT2D eigenvalue weighted by molar-refractivity contribution is 7.99. The van der Waals surface area contributed by atoms with Gasteiger partial charge in [-0.3, -0.25) is 14.2 Å². The molecule has 0 saturated heterocycles. The van der Waals surface area contributed by atoms with Gasteiger partial charge in [-0.25, -0.2) is 0 Å². The number of thioether (sulfide) groups is 1. The predicted molar refractivity (Wildman–Crippen MR) is 95.7 cm³/mol. The van der Waals surface area contributed by atoms with Crippen LogP contribution in [0, 0.1) is 0 Å². The third kappa shape index (κ3) is 3.91. The van der Waals surface area contributed by atoms with Crippen LogP contribution in [-0.4, -0.2) is 35.3 Å². The maximum atomic E-state index is 4.35. The Morgan fingerprint density at radius 2 is 2.08 bits per heavy atom. The molecule has 0 bridgehead atoms. The number of pyridine rings is 1. The van der Waals surface area contributed by atoms with Crippen LogP contribution >= 0.6 is 11.8 Å². The van der Waals surface area contributed by atoms with Gasteiger partial charge in [0.25, 0.3) is 0 Å². The molecule has 3 heterocycles. The Balaban J connectivity index is 1.64. The van der Waals surface area contributed by atoms with Gasteiger partial charge in [0.2, 0.25) is 0 Å². The van der Waals surface area contributed by atoms with E-state index in [1.54, 1.807) is 24.2 Å². The van der Waals surface area contributed by atoms with Crippen molar-refractivity contribution in [3.63, 3.8) is 0 Å². The van der Waals surface area contributed by atoms with E-state index in [9.17, 15) is 0 Å². The molecule has 0 aliphatic heterocycles. The Hall–Kier alpha value is -2.41. The summed E-state index contributed by atoms with van der Waals surface area (Å²) in [7, 11) is 1.94. The van der Waals surface area contributed by atoms with Crippen molar-refractivity contribution in [1.82, 2.24) is 29.5 Å². The molecular formula is C17H20N6S. The van der Waals surface area contributed by atoms with Crippen molar-refractivity contribution in [1.29, 1.82) is 0 Å². The van der Waals surface area contributed by atoms with Crippen molar-refractivity contribution in [2.45, 2.75) is 24.5 Å². The van der Waals surface area contributed by atoms with Gasteiger partial charge in [0.1, 0.15) is 0 Å². The van der Waals surface area contributed by atoms with Gasteiger partial charge in [0, 0.05) is 43.5 Å². The molecule has 24 heavy (non-hydrogen) atoms. The summed E-state index contributed by atoms with van der Waals surface area (Å²) in [4.78, 5) is 4.05. The minimum atomic E-state index is 0.690. The molecule has 0 radical (unpaired) electrons. The average molecular weight is 340 g/mol. The summed E-state index contributed by atoms with van der Waals surface area (Å²) < 4.78 is 3.93. The number of nitrogens with zero attached hydrogens (tertiary/aromatic N) is 6. The molecule has 7 heteroatoms. The van der Waals surface area contributed by atoms with E-state index in [1.807, 2.05) is 36.1 Å². The first-order valence-corrected chi connectivity index (χ1v) is 8.81. The maximum absolute atomic E-state index is 4.35. The van der Waals surface area contributed by atoms with Gasteiger partial charge in [0.15, 0.2) is 11.0 Å². The highest BCUT2D eigenvalue weighted by atomic mass is 32.2. The lowest BCUT2D eigenvalue weighted by Gasteiger charge is -2.07. The Bertz CT molecular complexity index is 793. The van der Waals surface area contributed by atoms with Crippen molar-refractivity contribution in [3.8, 4) is 11.4 Å². The Morgan fingerprint density at radius 1 is 1.25 bits per heavy atom. The largest absolute Gasteiger partial charge is 0.298 e. The highest BCUT2D eigenvalue weighted by Crippen LogP contribution is 2.24. The number of aryl methyl sites for hydroxylation is 2. The number of aromatic nitrogens is 6. The quantitative estimate of drug-likeness (QED) is 0.358. The van der Waals surface area contributed by atoms with Crippen LogP contribution in [0.1, 0.15) is 12.0 Å². The van der Waals surface area contributed by atoms with Gasteiger partial charge in [-0.15, -0.1) is 16.8 Å². The molecule has 6 nitrogen and oxygen atoms in total. The standard InChI is InChI=1S/C17H20N6S/c1-3-10-23-16(15-6-8-18-9-7-15)20-21-17(23)24-11-4-5-14-12-19-22(2)13-14/h3,6-9,12-13H,1,4-5,10-11H2,2H3. The van der Waals surface area contributed by atoms with Gasteiger partial charge in [-0.05, 0) is 30.5 Å². The van der Waals surface area contributed by atoms with Gasteiger partial charge < -0.3 is 0 Å². The van der Waals surface area contributed by atoms with Crippen molar-refractivity contribution >= 4 is 11.8 Å². The van der Waals surface area contributed by atoms with Crippen LogP contribution in [0.4, 0.5) is 0 Å². The van der Waals surface area contributed by atoms with E-state index >= 15 is 0 Å². The van der Waals surface area contributed by atoms with Crippen molar-refractivity contribution in [2.24, 2.45) is 7.05 Å². The van der Waals surface area contributed by atoms with Crippen molar-refractivity contribution in [3.05, 3.63) is 55.1 Å². The first-order valence-electron chi connectivity index (χ1n) is 7.82. The van der Waals surface area contributed by atoms with Crippen LogP contribution in [-0.2, 0) is 20.0 Å². The third-order valence-electron chi connectivity index (χ3n) is 3.57. The van der Waals surface area contributed by atoms with Crippen LogP contribution in [0.25, 0.3) is 11.4 Å². The molecule has 0 aromatic carbocycles. The topological polar surface area (TPSA) is 61.4 Å². The van der Waals surface area contributed by atoms with Crippen LogP contribution < -0.4 is 0 Å². The predicted octanol–water partition coefficient (Wildman–Crippen LogP) is 2.98. The summed E-state index contributed by atoms with van der Waals surface area (Å²) in [6, 6.07) is 3.89. The molecule has 0 N–H and O–H groups in total. The molecular weight excluding hydrogens is 320 g/mol. The molecule has 0 spiro atoms. The summed E-state index contributed by atoms with van der Waals surface area (Å²) in [5, 5.41) is 13.8. The third-order valence-corrected chi connectivity index (χ3v) is 4.62. The lowest BCUT2D eigenvalue weighted by molar-refractivity contribution is 0.730. The summed E-state index contributed by atoms with van der Waals surface area (Å²) in [6.07, 6.45) is 11.5. The fraction of sp³-hybridized carbons (Fsp3) is 0.294. The maximum Gasteiger partial charge on any atom is 0.191 e. The molecule has 0 saturated carbocycles. The van der Waals surface area contributed by atoms with Crippen LogP contribution in [0.5, 0.6) is 0 Å². The van der Waals surface area contributed by atoms with Crippen LogP contribution in [0.2, 0.25) is 0 Å². The number of rotatable bonds is 8. The van der Waals surface area contributed by atoms with E-state index < -0.39 is 0 Å². The van der Waals surface area contributed by atoms with Gasteiger partial charge in [-0.1, -0.05) is 17.8 Å². The summed E-state index contributed by atoms with van der Waals surface area (Å²) in [5.41, 5.74) is 2.28. The highest BCUT2D eigenvalue weighted by Gasteiger charge is 2.13. The van der Waals surface area contributed by atoms with Gasteiger partial charge >= 0.3 is 0 Å². The Morgan fingerprint density at radius 3 is 2.79 bits per heavy atom. The van der Waals surface area contributed by atoms with Crippen molar-refractivity contribution < 1.29 is 0 Å². The van der Waals surface area contributed by atoms with E-state index in [1.165, 1.54) is 5.56 Å². The minimum Gasteiger partial charge on any atom is -0.298 e. The normalized spacial score (nSPS) is 10.9. The number of allylic oxidation sites excluding steroid dienone is 1. The van der Waals surface area contributed by atoms with Gasteiger partial charge in [-0.2, -0.15) is 5.10 Å². The first kappa shape index (κ1) is 16.4. The summed E-state index contributed by atoms with van der Waals surface area (Å²) >= 11 is 1.73. The zero-order chi connectivity index (χ0) is 16.8. The smallest absolute Gasteiger partial charge is 0.191 e. The molecule has 0 atom stereocenters. The monoisotopic (exact) mass is 340 g/mol.